The van der Waals surface area contributed by atoms with Crippen LogP contribution in [0.2, 0.25) is 0 Å². The molecule has 14 heavy (non-hydrogen) atoms. The van der Waals surface area contributed by atoms with Crippen molar-refractivity contribution < 1.29 is 4.74 Å². The van der Waals surface area contributed by atoms with E-state index in [9.17, 15) is 0 Å². The molecule has 1 saturated heterocycles. The maximum atomic E-state index is 5.38. The quantitative estimate of drug-likeness (QED) is 0.677. The second kappa shape index (κ2) is 3.33. The fourth-order valence-corrected chi connectivity index (χ4v) is 2.15. The standard InChI is InChI=1S/C9H14N4O/c1-4-14-6-7(1)9-12-11-8-5-10-2-3-13(8)9/h7,10H,1-6H2/t7-/m1/s1. The topological polar surface area (TPSA) is 52.0 Å². The highest BCUT2D eigenvalue weighted by molar-refractivity contribution is 5.05. The van der Waals surface area contributed by atoms with Gasteiger partial charge in [-0.15, -0.1) is 10.2 Å². The van der Waals surface area contributed by atoms with Crippen molar-refractivity contribution in [1.82, 2.24) is 20.1 Å². The van der Waals surface area contributed by atoms with Crippen LogP contribution >= 0.6 is 0 Å². The minimum atomic E-state index is 0.467. The lowest BCUT2D eigenvalue weighted by Crippen LogP contribution is -2.29. The summed E-state index contributed by atoms with van der Waals surface area (Å²) in [6.07, 6.45) is 1.09. The van der Waals surface area contributed by atoms with Crippen LogP contribution in [0.3, 0.4) is 0 Å². The van der Waals surface area contributed by atoms with Gasteiger partial charge in [-0.2, -0.15) is 0 Å². The first-order chi connectivity index (χ1) is 6.95. The number of nitrogens with zero attached hydrogens (tertiary/aromatic N) is 3. The van der Waals surface area contributed by atoms with Gasteiger partial charge in [-0.1, -0.05) is 0 Å². The molecule has 1 aromatic heterocycles. The van der Waals surface area contributed by atoms with Gasteiger partial charge in [0.1, 0.15) is 11.6 Å². The molecular formula is C9H14N4O. The molecule has 0 aromatic carbocycles. The SMILES string of the molecule is C1Cn2c(nnc2[C@@H]2CCOC2)CN1. The molecule has 0 radical (unpaired) electrons. The second-order valence-electron chi connectivity index (χ2n) is 3.86. The normalized spacial score (nSPS) is 26.4. The van der Waals surface area contributed by atoms with Gasteiger partial charge in [0, 0.05) is 25.6 Å². The molecule has 2 aliphatic heterocycles. The lowest BCUT2D eigenvalue weighted by Gasteiger charge is -2.17. The van der Waals surface area contributed by atoms with E-state index in [2.05, 4.69) is 20.1 Å². The van der Waals surface area contributed by atoms with Gasteiger partial charge >= 0.3 is 0 Å². The Morgan fingerprint density at radius 2 is 2.43 bits per heavy atom. The van der Waals surface area contributed by atoms with Crippen LogP contribution in [0.4, 0.5) is 0 Å². The summed E-state index contributed by atoms with van der Waals surface area (Å²) in [6.45, 7) is 4.54. The summed E-state index contributed by atoms with van der Waals surface area (Å²) in [4.78, 5) is 0. The largest absolute Gasteiger partial charge is 0.381 e. The monoisotopic (exact) mass is 194 g/mol. The number of fused-ring (bicyclic) bond motifs is 1. The van der Waals surface area contributed by atoms with Gasteiger partial charge in [-0.25, -0.2) is 0 Å². The van der Waals surface area contributed by atoms with Crippen LogP contribution in [0, 0.1) is 0 Å². The molecule has 0 spiro atoms. The minimum absolute atomic E-state index is 0.467. The Morgan fingerprint density at radius 3 is 3.29 bits per heavy atom. The molecule has 1 N–H and O–H groups in total. The molecule has 1 atom stereocenters. The highest BCUT2D eigenvalue weighted by Crippen LogP contribution is 2.24. The van der Waals surface area contributed by atoms with Gasteiger partial charge in [0.25, 0.3) is 0 Å². The zero-order valence-electron chi connectivity index (χ0n) is 8.07. The lowest BCUT2D eigenvalue weighted by molar-refractivity contribution is 0.192. The number of hydrogen-bond donors (Lipinski definition) is 1. The fraction of sp³-hybridized carbons (Fsp3) is 0.778. The molecule has 0 aliphatic carbocycles. The molecule has 0 saturated carbocycles. The number of hydrogen-bond acceptors (Lipinski definition) is 4. The van der Waals surface area contributed by atoms with E-state index in [0.29, 0.717) is 5.92 Å². The summed E-state index contributed by atoms with van der Waals surface area (Å²) in [5, 5.41) is 11.8. The third kappa shape index (κ3) is 1.24. The summed E-state index contributed by atoms with van der Waals surface area (Å²) in [5.74, 6) is 2.66. The molecule has 0 bridgehead atoms. The first-order valence-electron chi connectivity index (χ1n) is 5.15. The van der Waals surface area contributed by atoms with Gasteiger partial charge in [0.15, 0.2) is 0 Å². The van der Waals surface area contributed by atoms with Crippen molar-refractivity contribution in [3.63, 3.8) is 0 Å². The first-order valence-corrected chi connectivity index (χ1v) is 5.15. The molecule has 0 amide bonds. The zero-order chi connectivity index (χ0) is 9.38. The molecule has 3 rings (SSSR count). The molecule has 76 valence electrons. The summed E-state index contributed by atoms with van der Waals surface area (Å²) in [6, 6.07) is 0. The Labute approximate surface area is 82.5 Å². The van der Waals surface area contributed by atoms with Crippen molar-refractivity contribution in [2.75, 3.05) is 19.8 Å². The Kier molecular flexibility index (Phi) is 1.99. The molecule has 3 heterocycles. The highest BCUT2D eigenvalue weighted by atomic mass is 16.5. The van der Waals surface area contributed by atoms with E-state index in [1.807, 2.05) is 0 Å². The molecule has 0 unspecified atom stereocenters. The van der Waals surface area contributed by atoms with E-state index < -0.39 is 0 Å². The second-order valence-corrected chi connectivity index (χ2v) is 3.86. The Bertz CT molecular complexity index is 330. The third-order valence-corrected chi connectivity index (χ3v) is 2.95. The molecule has 1 fully saturated rings. The first kappa shape index (κ1) is 8.38. The molecule has 5 nitrogen and oxygen atoms in total. The minimum Gasteiger partial charge on any atom is -0.381 e. The van der Waals surface area contributed by atoms with Gasteiger partial charge in [-0.3, -0.25) is 0 Å². The van der Waals surface area contributed by atoms with Crippen molar-refractivity contribution >= 4 is 0 Å². The maximum absolute atomic E-state index is 5.38. The maximum Gasteiger partial charge on any atom is 0.147 e. The molecule has 1 aromatic rings. The number of rotatable bonds is 1. The number of ether oxygens (including phenoxy) is 1. The van der Waals surface area contributed by atoms with E-state index in [0.717, 1.165) is 50.9 Å². The predicted molar refractivity (Wildman–Crippen MR) is 49.9 cm³/mol. The van der Waals surface area contributed by atoms with E-state index in [1.54, 1.807) is 0 Å². The summed E-state index contributed by atoms with van der Waals surface area (Å²) in [5.41, 5.74) is 0. The average molecular weight is 194 g/mol. The fourth-order valence-electron chi connectivity index (χ4n) is 2.15. The highest BCUT2D eigenvalue weighted by Gasteiger charge is 2.25. The number of nitrogens with one attached hydrogen (secondary N) is 1. The van der Waals surface area contributed by atoms with Crippen LogP contribution in [0.1, 0.15) is 24.0 Å². The Morgan fingerprint density at radius 1 is 1.43 bits per heavy atom. The molecular weight excluding hydrogens is 180 g/mol. The average Bonchev–Trinajstić information content (AvgIpc) is 2.85. The van der Waals surface area contributed by atoms with Crippen molar-refractivity contribution in [2.24, 2.45) is 0 Å². The van der Waals surface area contributed by atoms with E-state index in [-0.39, 0.29) is 0 Å². The van der Waals surface area contributed by atoms with Crippen molar-refractivity contribution in [2.45, 2.75) is 25.4 Å². The summed E-state index contributed by atoms with van der Waals surface area (Å²) >= 11 is 0. The van der Waals surface area contributed by atoms with E-state index in [1.165, 1.54) is 0 Å². The number of aromatic nitrogens is 3. The molecule has 5 heteroatoms. The lowest BCUT2D eigenvalue weighted by atomic mass is 10.1. The van der Waals surface area contributed by atoms with Crippen LogP contribution in [-0.4, -0.2) is 34.5 Å². The summed E-state index contributed by atoms with van der Waals surface area (Å²) in [7, 11) is 0. The smallest absolute Gasteiger partial charge is 0.147 e. The van der Waals surface area contributed by atoms with Crippen LogP contribution in [-0.2, 0) is 17.8 Å². The summed E-state index contributed by atoms with van der Waals surface area (Å²) < 4.78 is 7.62. The van der Waals surface area contributed by atoms with Crippen LogP contribution in [0.5, 0.6) is 0 Å². The van der Waals surface area contributed by atoms with Gasteiger partial charge in [0.2, 0.25) is 0 Å². The van der Waals surface area contributed by atoms with E-state index >= 15 is 0 Å². The predicted octanol–water partition coefficient (Wildman–Crippen LogP) is -0.115. The van der Waals surface area contributed by atoms with Crippen molar-refractivity contribution in [1.29, 1.82) is 0 Å². The third-order valence-electron chi connectivity index (χ3n) is 2.95. The van der Waals surface area contributed by atoms with Gasteiger partial charge in [-0.05, 0) is 6.42 Å². The Hall–Kier alpha value is -0.940. The van der Waals surface area contributed by atoms with Crippen LogP contribution < -0.4 is 5.32 Å². The van der Waals surface area contributed by atoms with Gasteiger partial charge in [0.05, 0.1) is 13.2 Å². The Balaban J connectivity index is 1.93. The van der Waals surface area contributed by atoms with E-state index in [4.69, 9.17) is 4.74 Å². The van der Waals surface area contributed by atoms with Crippen LogP contribution in [0.15, 0.2) is 0 Å². The zero-order valence-corrected chi connectivity index (χ0v) is 8.07. The van der Waals surface area contributed by atoms with Crippen molar-refractivity contribution in [3.05, 3.63) is 11.6 Å². The van der Waals surface area contributed by atoms with Gasteiger partial charge < -0.3 is 14.6 Å². The molecule has 2 aliphatic rings. The van der Waals surface area contributed by atoms with Crippen LogP contribution in [0.25, 0.3) is 0 Å². The van der Waals surface area contributed by atoms with Crippen molar-refractivity contribution in [3.8, 4) is 0 Å².